The van der Waals surface area contributed by atoms with Gasteiger partial charge in [0.05, 0.1) is 16.8 Å². The molecule has 2 rings (SSSR count). The Kier molecular flexibility index (Phi) is 3.71. The number of carboxylic acid groups (broad SMARTS) is 1. The smallest absolute Gasteiger partial charge is 0.344 e. The van der Waals surface area contributed by atoms with E-state index in [1.54, 1.807) is 0 Å². The van der Waals surface area contributed by atoms with Crippen LogP contribution in [-0.4, -0.2) is 22.3 Å². The number of aromatic nitrogens is 1. The number of halogens is 2. The van der Waals surface area contributed by atoms with E-state index < -0.39 is 17.9 Å². The molecule has 1 heterocycles. The van der Waals surface area contributed by atoms with Crippen molar-refractivity contribution < 1.29 is 23.6 Å². The van der Waals surface area contributed by atoms with Crippen molar-refractivity contribution in [3.05, 3.63) is 35.2 Å². The molecular weight excluding hydrogens is 277 g/mol. The highest BCUT2D eigenvalue weighted by Gasteiger charge is 2.19. The molecule has 0 amide bonds. The van der Waals surface area contributed by atoms with Crippen LogP contribution in [0.5, 0.6) is 5.75 Å². The maximum atomic E-state index is 13.4. The number of hydrogen-bond acceptors (Lipinski definition) is 4. The third-order valence-corrected chi connectivity index (χ3v) is 2.67. The minimum absolute atomic E-state index is 0.0218. The third-order valence-electron chi connectivity index (χ3n) is 2.38. The van der Waals surface area contributed by atoms with E-state index in [0.717, 1.165) is 6.07 Å². The molecule has 0 radical (unpaired) electrons. The molecule has 1 N–H and O–H groups in total. The lowest BCUT2D eigenvalue weighted by molar-refractivity contribution is -0.144. The molecule has 1 aromatic heterocycles. The van der Waals surface area contributed by atoms with Crippen LogP contribution in [0.3, 0.4) is 0 Å². The second-order valence-electron chi connectivity index (χ2n) is 3.74. The Morgan fingerprint density at radius 1 is 1.58 bits per heavy atom. The van der Waals surface area contributed by atoms with Crippen LogP contribution in [0.25, 0.3) is 11.3 Å². The van der Waals surface area contributed by atoms with Crippen molar-refractivity contribution in [2.75, 3.05) is 0 Å². The average Bonchev–Trinajstić information content (AvgIpc) is 2.86. The number of aliphatic carboxylic acids is 1. The first-order valence-corrected chi connectivity index (χ1v) is 5.66. The molecule has 0 spiro atoms. The summed E-state index contributed by atoms with van der Waals surface area (Å²) in [6, 6.07) is 3.84. The highest BCUT2D eigenvalue weighted by Crippen LogP contribution is 2.34. The van der Waals surface area contributed by atoms with Crippen LogP contribution in [0.2, 0.25) is 5.02 Å². The van der Waals surface area contributed by atoms with Crippen LogP contribution in [0, 0.1) is 5.82 Å². The number of hydrogen-bond donors (Lipinski definition) is 1. The zero-order chi connectivity index (χ0) is 14.0. The van der Waals surface area contributed by atoms with Gasteiger partial charge in [-0.2, -0.15) is 0 Å². The molecule has 5 nitrogen and oxygen atoms in total. The van der Waals surface area contributed by atoms with Gasteiger partial charge in [-0.15, -0.1) is 0 Å². The molecule has 100 valence electrons. The standard InChI is InChI=1S/C12H9ClFNO4/c1-6(12(16)17)18-11-5-9(14)8(13)4-7(11)10-2-3-15-19-10/h2-6H,1H3,(H,16,17). The van der Waals surface area contributed by atoms with Gasteiger partial charge in [0.25, 0.3) is 0 Å². The summed E-state index contributed by atoms with van der Waals surface area (Å²) in [4.78, 5) is 10.8. The topological polar surface area (TPSA) is 72.6 Å². The summed E-state index contributed by atoms with van der Waals surface area (Å²) in [6.07, 6.45) is 0.263. The summed E-state index contributed by atoms with van der Waals surface area (Å²) in [5.74, 6) is -1.56. The van der Waals surface area contributed by atoms with Crippen molar-refractivity contribution in [1.82, 2.24) is 5.16 Å². The number of carbonyl (C=O) groups is 1. The quantitative estimate of drug-likeness (QED) is 0.935. The molecule has 0 aliphatic heterocycles. The van der Waals surface area contributed by atoms with E-state index in [9.17, 15) is 9.18 Å². The van der Waals surface area contributed by atoms with Crippen molar-refractivity contribution in [3.63, 3.8) is 0 Å². The molecule has 1 unspecified atom stereocenters. The minimum Gasteiger partial charge on any atom is -0.479 e. The SMILES string of the molecule is CC(Oc1cc(F)c(Cl)cc1-c1ccno1)C(=O)O. The van der Waals surface area contributed by atoms with Gasteiger partial charge in [-0.25, -0.2) is 9.18 Å². The Bertz CT molecular complexity index is 600. The van der Waals surface area contributed by atoms with Gasteiger partial charge in [0.1, 0.15) is 11.6 Å². The van der Waals surface area contributed by atoms with Crippen LogP contribution < -0.4 is 4.74 Å². The van der Waals surface area contributed by atoms with Crippen molar-refractivity contribution in [2.45, 2.75) is 13.0 Å². The van der Waals surface area contributed by atoms with E-state index >= 15 is 0 Å². The van der Waals surface area contributed by atoms with E-state index in [1.807, 2.05) is 0 Å². The van der Waals surface area contributed by atoms with E-state index in [1.165, 1.54) is 25.3 Å². The third kappa shape index (κ3) is 2.85. The maximum Gasteiger partial charge on any atom is 0.344 e. The fraction of sp³-hybridized carbons (Fsp3) is 0.167. The molecule has 1 aromatic carbocycles. The average molecular weight is 286 g/mol. The van der Waals surface area contributed by atoms with Gasteiger partial charge in [0, 0.05) is 12.1 Å². The molecule has 0 aliphatic carbocycles. The van der Waals surface area contributed by atoms with Gasteiger partial charge in [0.15, 0.2) is 11.9 Å². The van der Waals surface area contributed by atoms with Crippen molar-refractivity contribution in [2.24, 2.45) is 0 Å². The summed E-state index contributed by atoms with van der Waals surface area (Å²) in [6.45, 7) is 1.33. The summed E-state index contributed by atoms with van der Waals surface area (Å²) in [7, 11) is 0. The van der Waals surface area contributed by atoms with Crippen LogP contribution in [-0.2, 0) is 4.79 Å². The van der Waals surface area contributed by atoms with Crippen LogP contribution >= 0.6 is 11.6 Å². The number of rotatable bonds is 4. The molecule has 0 aliphatic rings. The Morgan fingerprint density at radius 3 is 2.89 bits per heavy atom. The largest absolute Gasteiger partial charge is 0.479 e. The van der Waals surface area contributed by atoms with Crippen LogP contribution in [0.1, 0.15) is 6.92 Å². The first-order valence-electron chi connectivity index (χ1n) is 5.28. The van der Waals surface area contributed by atoms with Gasteiger partial charge >= 0.3 is 5.97 Å². The Balaban J connectivity index is 2.46. The zero-order valence-corrected chi connectivity index (χ0v) is 10.5. The summed E-state index contributed by atoms with van der Waals surface area (Å²) in [5.41, 5.74) is 0.331. The molecule has 1 atom stereocenters. The summed E-state index contributed by atoms with van der Waals surface area (Å²) >= 11 is 5.69. The zero-order valence-electron chi connectivity index (χ0n) is 9.76. The van der Waals surface area contributed by atoms with Gasteiger partial charge in [-0.05, 0) is 13.0 Å². The normalized spacial score (nSPS) is 12.2. The van der Waals surface area contributed by atoms with E-state index in [0.29, 0.717) is 11.3 Å². The van der Waals surface area contributed by atoms with Gasteiger partial charge in [0.2, 0.25) is 0 Å². The van der Waals surface area contributed by atoms with Crippen LogP contribution in [0.15, 0.2) is 28.9 Å². The van der Waals surface area contributed by atoms with Gasteiger partial charge < -0.3 is 14.4 Å². The fourth-order valence-corrected chi connectivity index (χ4v) is 1.58. The van der Waals surface area contributed by atoms with Crippen molar-refractivity contribution >= 4 is 17.6 Å². The maximum absolute atomic E-state index is 13.4. The van der Waals surface area contributed by atoms with E-state index in [2.05, 4.69) is 5.16 Å². The predicted octanol–water partition coefficient (Wildman–Crippen LogP) is 2.99. The highest BCUT2D eigenvalue weighted by molar-refractivity contribution is 6.31. The molecule has 2 aromatic rings. The molecular formula is C12H9ClFNO4. The molecule has 0 saturated carbocycles. The second kappa shape index (κ2) is 5.27. The number of ether oxygens (including phenoxy) is 1. The number of benzene rings is 1. The molecule has 7 heteroatoms. The summed E-state index contributed by atoms with van der Waals surface area (Å²) < 4.78 is 23.6. The highest BCUT2D eigenvalue weighted by atomic mass is 35.5. The molecule has 0 bridgehead atoms. The summed E-state index contributed by atoms with van der Waals surface area (Å²) in [5, 5.41) is 12.2. The van der Waals surface area contributed by atoms with Crippen molar-refractivity contribution in [3.8, 4) is 17.1 Å². The monoisotopic (exact) mass is 285 g/mol. The fourth-order valence-electron chi connectivity index (χ4n) is 1.41. The first kappa shape index (κ1) is 13.4. The number of nitrogens with zero attached hydrogens (tertiary/aromatic N) is 1. The van der Waals surface area contributed by atoms with E-state index in [4.69, 9.17) is 26.0 Å². The molecule has 0 saturated heterocycles. The number of carboxylic acids is 1. The second-order valence-corrected chi connectivity index (χ2v) is 4.14. The van der Waals surface area contributed by atoms with E-state index in [-0.39, 0.29) is 10.8 Å². The lowest BCUT2D eigenvalue weighted by Gasteiger charge is -2.13. The lowest BCUT2D eigenvalue weighted by Crippen LogP contribution is -2.23. The van der Waals surface area contributed by atoms with Crippen molar-refractivity contribution in [1.29, 1.82) is 0 Å². The molecule has 0 fully saturated rings. The molecule has 19 heavy (non-hydrogen) atoms. The van der Waals surface area contributed by atoms with Gasteiger partial charge in [-0.1, -0.05) is 16.8 Å². The lowest BCUT2D eigenvalue weighted by atomic mass is 10.1. The Hall–Kier alpha value is -2.08. The predicted molar refractivity (Wildman–Crippen MR) is 64.6 cm³/mol. The first-order chi connectivity index (χ1) is 8.99. The van der Waals surface area contributed by atoms with Gasteiger partial charge in [-0.3, -0.25) is 0 Å². The Morgan fingerprint density at radius 2 is 2.32 bits per heavy atom. The van der Waals surface area contributed by atoms with Crippen LogP contribution in [0.4, 0.5) is 4.39 Å². The Labute approximate surface area is 112 Å². The minimum atomic E-state index is -1.17.